The SMILES string of the molecule is Cc1ccc(C(=O)Oc2ccc(/C=N/NC(=O)COc3ccc4ccccc4c3)cc2)cc1. The summed E-state index contributed by atoms with van der Waals surface area (Å²) in [4.78, 5) is 24.2. The molecule has 1 amide bonds. The number of hydrogen-bond donors (Lipinski definition) is 1. The van der Waals surface area contributed by atoms with Crippen molar-refractivity contribution in [3.8, 4) is 11.5 Å². The third-order valence-corrected chi connectivity index (χ3v) is 4.87. The molecular formula is C27H22N2O4. The zero-order chi connectivity index (χ0) is 23.0. The molecule has 0 aromatic heterocycles. The molecule has 0 aliphatic carbocycles. The van der Waals surface area contributed by atoms with Gasteiger partial charge in [-0.25, -0.2) is 10.2 Å². The van der Waals surface area contributed by atoms with Crippen LogP contribution in [0.2, 0.25) is 0 Å². The highest BCUT2D eigenvalue weighted by Crippen LogP contribution is 2.20. The predicted octanol–water partition coefficient (Wildman–Crippen LogP) is 4.90. The van der Waals surface area contributed by atoms with E-state index in [1.165, 1.54) is 6.21 Å². The second-order valence-corrected chi connectivity index (χ2v) is 7.42. The molecule has 4 rings (SSSR count). The van der Waals surface area contributed by atoms with Crippen molar-refractivity contribution in [3.05, 3.63) is 108 Å². The summed E-state index contributed by atoms with van der Waals surface area (Å²) >= 11 is 0. The van der Waals surface area contributed by atoms with Gasteiger partial charge in [-0.05, 0) is 71.8 Å². The smallest absolute Gasteiger partial charge is 0.343 e. The maximum atomic E-state index is 12.2. The van der Waals surface area contributed by atoms with Crippen molar-refractivity contribution >= 4 is 28.9 Å². The van der Waals surface area contributed by atoms with E-state index in [0.29, 0.717) is 17.1 Å². The van der Waals surface area contributed by atoms with E-state index in [1.54, 1.807) is 36.4 Å². The molecule has 0 aliphatic heterocycles. The van der Waals surface area contributed by atoms with Crippen molar-refractivity contribution in [2.24, 2.45) is 5.10 Å². The minimum Gasteiger partial charge on any atom is -0.484 e. The van der Waals surface area contributed by atoms with Crippen LogP contribution in [-0.2, 0) is 4.79 Å². The van der Waals surface area contributed by atoms with Gasteiger partial charge in [0.05, 0.1) is 11.8 Å². The van der Waals surface area contributed by atoms with Crippen LogP contribution in [-0.4, -0.2) is 24.7 Å². The van der Waals surface area contributed by atoms with Gasteiger partial charge in [-0.1, -0.05) is 48.0 Å². The third kappa shape index (κ3) is 6.04. The van der Waals surface area contributed by atoms with Crippen LogP contribution >= 0.6 is 0 Å². The quantitative estimate of drug-likeness (QED) is 0.193. The maximum absolute atomic E-state index is 12.2. The Balaban J connectivity index is 1.25. The van der Waals surface area contributed by atoms with Crippen molar-refractivity contribution in [1.82, 2.24) is 5.43 Å². The van der Waals surface area contributed by atoms with E-state index < -0.39 is 5.97 Å². The minimum absolute atomic E-state index is 0.149. The number of amides is 1. The fraction of sp³-hybridized carbons (Fsp3) is 0.0741. The highest BCUT2D eigenvalue weighted by molar-refractivity contribution is 5.91. The summed E-state index contributed by atoms with van der Waals surface area (Å²) in [5.74, 6) is 0.243. The largest absolute Gasteiger partial charge is 0.484 e. The van der Waals surface area contributed by atoms with Gasteiger partial charge in [-0.2, -0.15) is 5.10 Å². The summed E-state index contributed by atoms with van der Waals surface area (Å²) < 4.78 is 10.9. The number of fused-ring (bicyclic) bond motifs is 1. The fourth-order valence-corrected chi connectivity index (χ4v) is 3.09. The second-order valence-electron chi connectivity index (χ2n) is 7.42. The first-order chi connectivity index (χ1) is 16.1. The zero-order valence-corrected chi connectivity index (χ0v) is 18.0. The van der Waals surface area contributed by atoms with Crippen molar-refractivity contribution in [1.29, 1.82) is 0 Å². The fourth-order valence-electron chi connectivity index (χ4n) is 3.09. The Morgan fingerprint density at radius 2 is 1.55 bits per heavy atom. The molecule has 4 aromatic rings. The van der Waals surface area contributed by atoms with Crippen molar-refractivity contribution in [2.75, 3.05) is 6.61 Å². The Bertz CT molecular complexity index is 1300. The molecule has 0 bridgehead atoms. The van der Waals surface area contributed by atoms with Gasteiger partial charge in [-0.15, -0.1) is 0 Å². The molecule has 6 heteroatoms. The lowest BCUT2D eigenvalue weighted by Gasteiger charge is -2.06. The van der Waals surface area contributed by atoms with Crippen LogP contribution in [0.1, 0.15) is 21.5 Å². The zero-order valence-electron chi connectivity index (χ0n) is 18.0. The number of esters is 1. The van der Waals surface area contributed by atoms with Gasteiger partial charge in [0.15, 0.2) is 6.61 Å². The number of nitrogens with one attached hydrogen (secondary N) is 1. The maximum Gasteiger partial charge on any atom is 0.343 e. The number of aryl methyl sites for hydroxylation is 1. The molecule has 0 spiro atoms. The Hall–Kier alpha value is -4.45. The number of carbonyl (C=O) groups excluding carboxylic acids is 2. The van der Waals surface area contributed by atoms with E-state index in [2.05, 4.69) is 10.5 Å². The van der Waals surface area contributed by atoms with Gasteiger partial charge in [-0.3, -0.25) is 4.79 Å². The predicted molar refractivity (Wildman–Crippen MR) is 128 cm³/mol. The molecule has 0 unspecified atom stereocenters. The van der Waals surface area contributed by atoms with Crippen molar-refractivity contribution < 1.29 is 19.1 Å². The number of ether oxygens (including phenoxy) is 2. The average molecular weight is 438 g/mol. The van der Waals surface area contributed by atoms with E-state index in [9.17, 15) is 9.59 Å². The summed E-state index contributed by atoms with van der Waals surface area (Å²) in [6, 6.07) is 27.6. The summed E-state index contributed by atoms with van der Waals surface area (Å²) in [6.07, 6.45) is 1.50. The molecule has 0 aliphatic rings. The van der Waals surface area contributed by atoms with Crippen molar-refractivity contribution in [3.63, 3.8) is 0 Å². The van der Waals surface area contributed by atoms with E-state index >= 15 is 0 Å². The molecule has 33 heavy (non-hydrogen) atoms. The Kier molecular flexibility index (Phi) is 6.75. The molecule has 1 N–H and O–H groups in total. The molecule has 0 atom stereocenters. The summed E-state index contributed by atoms with van der Waals surface area (Å²) in [6.45, 7) is 1.80. The first kappa shape index (κ1) is 21.8. The number of nitrogens with zero attached hydrogens (tertiary/aromatic N) is 1. The average Bonchev–Trinajstić information content (AvgIpc) is 2.84. The van der Waals surface area contributed by atoms with Gasteiger partial charge in [0.2, 0.25) is 0 Å². The Labute approximate surface area is 191 Å². The van der Waals surface area contributed by atoms with Crippen LogP contribution in [0.5, 0.6) is 11.5 Å². The van der Waals surface area contributed by atoms with Gasteiger partial charge in [0, 0.05) is 0 Å². The van der Waals surface area contributed by atoms with E-state index in [0.717, 1.165) is 21.9 Å². The van der Waals surface area contributed by atoms with E-state index in [-0.39, 0.29) is 12.5 Å². The standard InChI is InChI=1S/C27H22N2O4/c1-19-6-10-22(11-7-19)27(31)33-24-13-8-20(9-14-24)17-28-29-26(30)18-32-25-15-12-21-4-2-3-5-23(21)16-25/h2-17H,18H2,1H3,(H,29,30)/b28-17+. The number of hydrogen-bond acceptors (Lipinski definition) is 5. The lowest BCUT2D eigenvalue weighted by molar-refractivity contribution is -0.123. The monoisotopic (exact) mass is 438 g/mol. The van der Waals surface area contributed by atoms with Crippen molar-refractivity contribution in [2.45, 2.75) is 6.92 Å². The normalized spacial score (nSPS) is 10.8. The molecule has 0 heterocycles. The highest BCUT2D eigenvalue weighted by atomic mass is 16.5. The molecule has 6 nitrogen and oxygen atoms in total. The molecule has 0 fully saturated rings. The van der Waals surface area contributed by atoms with E-state index in [1.807, 2.05) is 61.5 Å². The summed E-state index contributed by atoms with van der Waals surface area (Å²) in [5.41, 5.74) is 4.73. The number of rotatable bonds is 7. The van der Waals surface area contributed by atoms with E-state index in [4.69, 9.17) is 9.47 Å². The van der Waals surface area contributed by atoms with Gasteiger partial charge in [0.25, 0.3) is 5.91 Å². The minimum atomic E-state index is -0.421. The van der Waals surface area contributed by atoms with Gasteiger partial charge < -0.3 is 9.47 Å². The molecule has 0 saturated carbocycles. The van der Waals surface area contributed by atoms with Gasteiger partial charge >= 0.3 is 5.97 Å². The topological polar surface area (TPSA) is 77.0 Å². The van der Waals surface area contributed by atoms with Crippen LogP contribution in [0.4, 0.5) is 0 Å². The lowest BCUT2D eigenvalue weighted by atomic mass is 10.1. The molecule has 0 radical (unpaired) electrons. The lowest BCUT2D eigenvalue weighted by Crippen LogP contribution is -2.24. The molecular weight excluding hydrogens is 416 g/mol. The molecule has 0 saturated heterocycles. The van der Waals surface area contributed by atoms with Crippen LogP contribution in [0, 0.1) is 6.92 Å². The van der Waals surface area contributed by atoms with Crippen LogP contribution < -0.4 is 14.9 Å². The summed E-state index contributed by atoms with van der Waals surface area (Å²) in [7, 11) is 0. The Morgan fingerprint density at radius 1 is 0.848 bits per heavy atom. The number of hydrazone groups is 1. The Morgan fingerprint density at radius 3 is 2.30 bits per heavy atom. The first-order valence-corrected chi connectivity index (χ1v) is 10.4. The van der Waals surface area contributed by atoms with Crippen LogP contribution in [0.15, 0.2) is 96.1 Å². The van der Waals surface area contributed by atoms with Crippen LogP contribution in [0.25, 0.3) is 10.8 Å². The number of benzene rings is 4. The first-order valence-electron chi connectivity index (χ1n) is 10.4. The molecule has 4 aromatic carbocycles. The highest BCUT2D eigenvalue weighted by Gasteiger charge is 2.08. The van der Waals surface area contributed by atoms with Gasteiger partial charge in [0.1, 0.15) is 11.5 Å². The van der Waals surface area contributed by atoms with Crippen LogP contribution in [0.3, 0.4) is 0 Å². The number of carbonyl (C=O) groups is 2. The summed E-state index contributed by atoms with van der Waals surface area (Å²) in [5, 5.41) is 6.09. The third-order valence-electron chi connectivity index (χ3n) is 4.87. The second kappa shape index (κ2) is 10.2. The molecule has 164 valence electrons.